The molecule has 0 heterocycles. The number of benzene rings is 2. The highest BCUT2D eigenvalue weighted by molar-refractivity contribution is 6.30. The maximum Gasteiger partial charge on any atom is 0.164 e. The van der Waals surface area contributed by atoms with Crippen LogP contribution in [0.4, 0.5) is 5.69 Å². The lowest BCUT2D eigenvalue weighted by atomic mass is 10.1. The number of carbonyl (C=O) groups is 1. The highest BCUT2D eigenvalue weighted by Crippen LogP contribution is 2.18. The number of hydrogen-bond donors (Lipinski definition) is 0. The van der Waals surface area contributed by atoms with E-state index in [1.165, 1.54) is 11.1 Å². The van der Waals surface area contributed by atoms with Crippen molar-refractivity contribution in [2.45, 2.75) is 20.3 Å². The number of aryl methyl sites for hydroxylation is 2. The van der Waals surface area contributed by atoms with E-state index in [4.69, 9.17) is 11.6 Å². The van der Waals surface area contributed by atoms with Crippen LogP contribution in [0.25, 0.3) is 0 Å². The lowest BCUT2D eigenvalue weighted by Crippen LogP contribution is -2.21. The molecule has 2 aromatic rings. The molecule has 0 N–H and O–H groups in total. The van der Waals surface area contributed by atoms with E-state index in [9.17, 15) is 4.79 Å². The summed E-state index contributed by atoms with van der Waals surface area (Å²) in [5.41, 5.74) is 4.34. The maximum atomic E-state index is 12.2. The molecule has 21 heavy (non-hydrogen) atoms. The Morgan fingerprint density at radius 1 is 1.05 bits per heavy atom. The number of Topliss-reactive ketones (excluding diaryl/α,β-unsaturated/α-hetero) is 1. The Morgan fingerprint density at radius 2 is 1.62 bits per heavy atom. The molecule has 2 nitrogen and oxygen atoms in total. The SMILES string of the molecule is Cc1cc(C)cc(N(C)CCC(=O)c2ccc(Cl)cc2)c1. The van der Waals surface area contributed by atoms with Crippen molar-refractivity contribution >= 4 is 23.1 Å². The second-order valence-electron chi connectivity index (χ2n) is 5.45. The van der Waals surface area contributed by atoms with E-state index in [1.807, 2.05) is 7.05 Å². The van der Waals surface area contributed by atoms with Crippen LogP contribution in [0.1, 0.15) is 27.9 Å². The Balaban J connectivity index is 1.98. The number of halogens is 1. The van der Waals surface area contributed by atoms with Gasteiger partial charge in [0.05, 0.1) is 0 Å². The number of ketones is 1. The number of rotatable bonds is 5. The first-order chi connectivity index (χ1) is 9.95. The zero-order valence-corrected chi connectivity index (χ0v) is 13.4. The van der Waals surface area contributed by atoms with Gasteiger partial charge in [0.2, 0.25) is 0 Å². The summed E-state index contributed by atoms with van der Waals surface area (Å²) in [6.45, 7) is 4.87. The lowest BCUT2D eigenvalue weighted by molar-refractivity contribution is 0.0985. The number of hydrogen-bond acceptors (Lipinski definition) is 2. The van der Waals surface area contributed by atoms with Crippen LogP contribution in [0.5, 0.6) is 0 Å². The van der Waals surface area contributed by atoms with Crippen molar-refractivity contribution < 1.29 is 4.79 Å². The van der Waals surface area contributed by atoms with Crippen LogP contribution < -0.4 is 4.90 Å². The quantitative estimate of drug-likeness (QED) is 0.748. The minimum atomic E-state index is 0.142. The molecule has 0 amide bonds. The molecule has 0 unspecified atom stereocenters. The highest BCUT2D eigenvalue weighted by atomic mass is 35.5. The molecular weight excluding hydrogens is 282 g/mol. The summed E-state index contributed by atoms with van der Waals surface area (Å²) in [6.07, 6.45) is 0.491. The smallest absolute Gasteiger partial charge is 0.164 e. The summed E-state index contributed by atoms with van der Waals surface area (Å²) in [7, 11) is 2.02. The fraction of sp³-hybridized carbons (Fsp3) is 0.278. The van der Waals surface area contributed by atoms with Gasteiger partial charge in [-0.05, 0) is 61.4 Å². The zero-order chi connectivity index (χ0) is 15.4. The summed E-state index contributed by atoms with van der Waals surface area (Å²) in [5, 5.41) is 0.652. The summed E-state index contributed by atoms with van der Waals surface area (Å²) in [6, 6.07) is 13.5. The molecule has 2 rings (SSSR count). The second-order valence-corrected chi connectivity index (χ2v) is 5.88. The van der Waals surface area contributed by atoms with Crippen LogP contribution in [-0.2, 0) is 0 Å². The van der Waals surface area contributed by atoms with Gasteiger partial charge >= 0.3 is 0 Å². The van der Waals surface area contributed by atoms with E-state index in [0.717, 1.165) is 5.69 Å². The molecule has 0 aliphatic rings. The summed E-state index contributed by atoms with van der Waals surface area (Å²) < 4.78 is 0. The monoisotopic (exact) mass is 301 g/mol. The summed E-state index contributed by atoms with van der Waals surface area (Å²) in [4.78, 5) is 14.3. The summed E-state index contributed by atoms with van der Waals surface area (Å²) >= 11 is 5.83. The third-order valence-electron chi connectivity index (χ3n) is 3.49. The first-order valence-corrected chi connectivity index (χ1v) is 7.42. The van der Waals surface area contributed by atoms with Crippen LogP contribution in [0.2, 0.25) is 5.02 Å². The van der Waals surface area contributed by atoms with Gasteiger partial charge in [-0.3, -0.25) is 4.79 Å². The molecule has 0 spiro atoms. The Kier molecular flexibility index (Phi) is 5.03. The van der Waals surface area contributed by atoms with Crippen LogP contribution in [0.3, 0.4) is 0 Å². The van der Waals surface area contributed by atoms with Crippen LogP contribution in [-0.4, -0.2) is 19.4 Å². The molecule has 3 heteroatoms. The van der Waals surface area contributed by atoms with Gasteiger partial charge in [0.25, 0.3) is 0 Å². The third kappa shape index (κ3) is 4.33. The van der Waals surface area contributed by atoms with Gasteiger partial charge in [-0.1, -0.05) is 17.7 Å². The van der Waals surface area contributed by atoms with Crippen molar-refractivity contribution in [2.24, 2.45) is 0 Å². The van der Waals surface area contributed by atoms with Gasteiger partial charge in [0.15, 0.2) is 5.78 Å². The number of nitrogens with zero attached hydrogens (tertiary/aromatic N) is 1. The Labute approximate surface area is 131 Å². The molecule has 0 saturated heterocycles. The molecule has 2 aromatic carbocycles. The Hall–Kier alpha value is -1.80. The fourth-order valence-electron chi connectivity index (χ4n) is 2.35. The lowest BCUT2D eigenvalue weighted by Gasteiger charge is -2.20. The Bertz CT molecular complexity index is 614. The van der Waals surface area contributed by atoms with Crippen molar-refractivity contribution in [2.75, 3.05) is 18.5 Å². The minimum absolute atomic E-state index is 0.142. The Morgan fingerprint density at radius 3 is 2.19 bits per heavy atom. The predicted octanol–water partition coefficient (Wildman–Crippen LogP) is 4.67. The maximum absolute atomic E-state index is 12.2. The molecule has 0 saturated carbocycles. The standard InChI is InChI=1S/C18H20ClNO/c1-13-10-14(2)12-17(11-13)20(3)9-8-18(21)15-4-6-16(19)7-5-15/h4-7,10-12H,8-9H2,1-3H3. The predicted molar refractivity (Wildman–Crippen MR) is 89.6 cm³/mol. The molecule has 0 aromatic heterocycles. The van der Waals surface area contributed by atoms with E-state index in [-0.39, 0.29) is 5.78 Å². The normalized spacial score (nSPS) is 10.5. The zero-order valence-electron chi connectivity index (χ0n) is 12.7. The molecular formula is C18H20ClNO. The van der Waals surface area contributed by atoms with E-state index in [1.54, 1.807) is 24.3 Å². The molecule has 0 radical (unpaired) electrons. The van der Waals surface area contributed by atoms with Crippen molar-refractivity contribution in [3.05, 3.63) is 64.2 Å². The molecule has 0 aliphatic carbocycles. The summed E-state index contributed by atoms with van der Waals surface area (Å²) in [5.74, 6) is 0.142. The molecule has 0 fully saturated rings. The molecule has 110 valence electrons. The van der Waals surface area contributed by atoms with E-state index in [2.05, 4.69) is 36.9 Å². The van der Waals surface area contributed by atoms with Crippen molar-refractivity contribution in [1.29, 1.82) is 0 Å². The van der Waals surface area contributed by atoms with Gasteiger partial charge < -0.3 is 4.90 Å². The second kappa shape index (κ2) is 6.77. The molecule has 0 atom stereocenters. The first-order valence-electron chi connectivity index (χ1n) is 7.04. The fourth-order valence-corrected chi connectivity index (χ4v) is 2.48. The van der Waals surface area contributed by atoms with Crippen molar-refractivity contribution in [1.82, 2.24) is 0 Å². The van der Waals surface area contributed by atoms with E-state index >= 15 is 0 Å². The van der Waals surface area contributed by atoms with Gasteiger partial charge in [0, 0.05) is 36.3 Å². The van der Waals surface area contributed by atoms with Gasteiger partial charge in [-0.2, -0.15) is 0 Å². The average molecular weight is 302 g/mol. The number of anilines is 1. The van der Waals surface area contributed by atoms with Crippen molar-refractivity contribution in [3.8, 4) is 0 Å². The van der Waals surface area contributed by atoms with E-state index in [0.29, 0.717) is 23.6 Å². The number of carbonyl (C=O) groups excluding carboxylic acids is 1. The molecule has 0 aliphatic heterocycles. The van der Waals surface area contributed by atoms with Gasteiger partial charge in [-0.15, -0.1) is 0 Å². The van der Waals surface area contributed by atoms with Crippen LogP contribution >= 0.6 is 11.6 Å². The topological polar surface area (TPSA) is 20.3 Å². The van der Waals surface area contributed by atoms with Crippen molar-refractivity contribution in [3.63, 3.8) is 0 Å². The molecule has 0 bridgehead atoms. The van der Waals surface area contributed by atoms with Gasteiger partial charge in [-0.25, -0.2) is 0 Å². The first kappa shape index (κ1) is 15.6. The van der Waals surface area contributed by atoms with Gasteiger partial charge in [0.1, 0.15) is 0 Å². The highest BCUT2D eigenvalue weighted by Gasteiger charge is 2.08. The third-order valence-corrected chi connectivity index (χ3v) is 3.74. The average Bonchev–Trinajstić information content (AvgIpc) is 2.44. The van der Waals surface area contributed by atoms with Crippen LogP contribution in [0, 0.1) is 13.8 Å². The largest absolute Gasteiger partial charge is 0.374 e. The minimum Gasteiger partial charge on any atom is -0.374 e. The van der Waals surface area contributed by atoms with E-state index < -0.39 is 0 Å². The van der Waals surface area contributed by atoms with Crippen LogP contribution in [0.15, 0.2) is 42.5 Å².